The molecule has 3 heterocycles. The second kappa shape index (κ2) is 9.92. The molecular weight excluding hydrogens is 490 g/mol. The van der Waals surface area contributed by atoms with Gasteiger partial charge in [-0.2, -0.15) is 0 Å². The zero-order valence-electron chi connectivity index (χ0n) is 23.5. The number of alkyl carbamates (subject to hydrolysis) is 1. The van der Waals surface area contributed by atoms with E-state index < -0.39 is 5.60 Å². The van der Waals surface area contributed by atoms with Crippen molar-refractivity contribution < 1.29 is 19.1 Å². The smallest absolute Gasteiger partial charge is 0.408 e. The molecule has 0 spiro atoms. The number of hydrogen-bond acceptors (Lipinski definition) is 5. The van der Waals surface area contributed by atoms with Gasteiger partial charge in [0.05, 0.1) is 30.1 Å². The third kappa shape index (κ3) is 4.66. The minimum absolute atomic E-state index is 0.106. The first kappa shape index (κ1) is 25.8. The quantitative estimate of drug-likeness (QED) is 0.373. The zero-order valence-corrected chi connectivity index (χ0v) is 23.5. The third-order valence-electron chi connectivity index (χ3n) is 8.52. The summed E-state index contributed by atoms with van der Waals surface area (Å²) in [4.78, 5) is 27.7. The Morgan fingerprint density at radius 1 is 0.974 bits per heavy atom. The molecule has 2 aromatic carbocycles. The Bertz CT molecular complexity index is 1430. The standard InChI is InChI=1S/C32H39N3O4/c1-32(2,3)39-31(37)33-25-15-16-34-17-18-35-26-19-21(30(36)38-4)13-14-23(26)27(20-9-6-5-7-10-20)29(35)24-12-8-11-22(25)28(24)34/h8,11-14,19-20,25H,5-7,9-10,15-18H2,1-4H3,(H,33,37). The van der Waals surface area contributed by atoms with Crippen LogP contribution in [-0.4, -0.2) is 42.4 Å². The lowest BCUT2D eigenvalue weighted by molar-refractivity contribution is 0.0499. The first-order valence-corrected chi connectivity index (χ1v) is 14.4. The fourth-order valence-electron chi connectivity index (χ4n) is 6.93. The lowest BCUT2D eigenvalue weighted by Crippen LogP contribution is -2.40. The van der Waals surface area contributed by atoms with Crippen molar-refractivity contribution in [2.24, 2.45) is 0 Å². The molecule has 0 saturated heterocycles. The van der Waals surface area contributed by atoms with Gasteiger partial charge in [-0.1, -0.05) is 43.5 Å². The molecule has 6 rings (SSSR count). The van der Waals surface area contributed by atoms with Gasteiger partial charge in [-0.15, -0.1) is 0 Å². The molecule has 0 radical (unpaired) electrons. The Kier molecular flexibility index (Phi) is 6.56. The van der Waals surface area contributed by atoms with Crippen LogP contribution in [0.15, 0.2) is 36.4 Å². The van der Waals surface area contributed by atoms with Crippen molar-refractivity contribution >= 4 is 28.7 Å². The fraction of sp³-hybridized carbons (Fsp3) is 0.500. The van der Waals surface area contributed by atoms with Gasteiger partial charge in [0.1, 0.15) is 5.60 Å². The minimum Gasteiger partial charge on any atom is -0.465 e. The summed E-state index contributed by atoms with van der Waals surface area (Å²) in [6.07, 6.45) is 6.62. The van der Waals surface area contributed by atoms with Gasteiger partial charge in [0.25, 0.3) is 0 Å². The van der Waals surface area contributed by atoms with E-state index >= 15 is 0 Å². The number of rotatable bonds is 3. The number of fused-ring (bicyclic) bond motifs is 4. The summed E-state index contributed by atoms with van der Waals surface area (Å²) in [6.45, 7) is 8.23. The Labute approximate surface area is 230 Å². The topological polar surface area (TPSA) is 72.8 Å². The maximum absolute atomic E-state index is 12.8. The number of benzene rings is 2. The predicted molar refractivity (Wildman–Crippen MR) is 153 cm³/mol. The van der Waals surface area contributed by atoms with Crippen LogP contribution in [0.4, 0.5) is 10.5 Å². The highest BCUT2D eigenvalue weighted by molar-refractivity contribution is 6.00. The van der Waals surface area contributed by atoms with Crippen molar-refractivity contribution in [3.05, 3.63) is 53.1 Å². The molecule has 206 valence electrons. The number of nitrogens with one attached hydrogen (secondary N) is 1. The first-order chi connectivity index (χ1) is 18.7. The molecule has 1 atom stereocenters. The van der Waals surface area contributed by atoms with Crippen molar-refractivity contribution in [1.82, 2.24) is 9.88 Å². The molecule has 2 aliphatic heterocycles. The van der Waals surface area contributed by atoms with E-state index in [1.807, 2.05) is 32.9 Å². The van der Waals surface area contributed by atoms with Crippen LogP contribution in [-0.2, 0) is 16.0 Å². The number of amides is 1. The second-order valence-electron chi connectivity index (χ2n) is 12.2. The summed E-state index contributed by atoms with van der Waals surface area (Å²) in [6, 6.07) is 12.5. The van der Waals surface area contributed by atoms with Gasteiger partial charge in [-0.25, -0.2) is 9.59 Å². The number of para-hydroxylation sites is 1. The monoisotopic (exact) mass is 529 g/mol. The van der Waals surface area contributed by atoms with Crippen LogP contribution in [0.25, 0.3) is 22.2 Å². The molecule has 1 amide bonds. The van der Waals surface area contributed by atoms with Crippen LogP contribution >= 0.6 is 0 Å². The molecule has 1 aromatic heterocycles. The average Bonchev–Trinajstić information content (AvgIpc) is 3.14. The van der Waals surface area contributed by atoms with Gasteiger partial charge in [-0.05, 0) is 69.2 Å². The minimum atomic E-state index is -0.544. The van der Waals surface area contributed by atoms with Gasteiger partial charge in [0.2, 0.25) is 0 Å². The molecule has 3 aliphatic rings. The number of ether oxygens (including phenoxy) is 2. The summed E-state index contributed by atoms with van der Waals surface area (Å²) in [5.41, 5.74) is 7.42. The van der Waals surface area contributed by atoms with Crippen LogP contribution in [0, 0.1) is 0 Å². The summed E-state index contributed by atoms with van der Waals surface area (Å²) in [7, 11) is 1.44. The number of methoxy groups -OCH3 is 1. The van der Waals surface area contributed by atoms with Crippen LogP contribution < -0.4 is 10.2 Å². The summed E-state index contributed by atoms with van der Waals surface area (Å²) in [5.74, 6) is 0.182. The number of anilines is 1. The first-order valence-electron chi connectivity index (χ1n) is 14.4. The van der Waals surface area contributed by atoms with E-state index in [2.05, 4.69) is 39.0 Å². The third-order valence-corrected chi connectivity index (χ3v) is 8.52. The molecular formula is C32H39N3O4. The number of esters is 1. The Morgan fingerprint density at radius 2 is 1.77 bits per heavy atom. The average molecular weight is 530 g/mol. The molecule has 1 unspecified atom stereocenters. The summed E-state index contributed by atoms with van der Waals surface area (Å²) < 4.78 is 13.1. The maximum atomic E-state index is 12.8. The van der Waals surface area contributed by atoms with E-state index in [0.29, 0.717) is 11.5 Å². The van der Waals surface area contributed by atoms with E-state index in [1.54, 1.807) is 0 Å². The van der Waals surface area contributed by atoms with Gasteiger partial charge < -0.3 is 24.3 Å². The summed E-state index contributed by atoms with van der Waals surface area (Å²) >= 11 is 0. The van der Waals surface area contributed by atoms with Crippen molar-refractivity contribution in [2.75, 3.05) is 25.1 Å². The predicted octanol–water partition coefficient (Wildman–Crippen LogP) is 6.93. The highest BCUT2D eigenvalue weighted by atomic mass is 16.6. The SMILES string of the molecule is COC(=O)c1ccc2c(C3CCCCC3)c3n(c2c1)CCN1CCC(NC(=O)OC(C)(C)C)c2cccc-3c21. The lowest BCUT2D eigenvalue weighted by atomic mass is 9.81. The van der Waals surface area contributed by atoms with Gasteiger partial charge in [0, 0.05) is 36.1 Å². The lowest BCUT2D eigenvalue weighted by Gasteiger charge is -2.36. The largest absolute Gasteiger partial charge is 0.465 e. The molecule has 1 N–H and O–H groups in total. The van der Waals surface area contributed by atoms with Crippen LogP contribution in [0.2, 0.25) is 0 Å². The number of aromatic nitrogens is 1. The van der Waals surface area contributed by atoms with E-state index in [9.17, 15) is 9.59 Å². The summed E-state index contributed by atoms with van der Waals surface area (Å²) in [5, 5.41) is 4.40. The van der Waals surface area contributed by atoms with Gasteiger partial charge in [0.15, 0.2) is 0 Å². The Balaban J connectivity index is 1.52. The number of carbonyl (C=O) groups excluding carboxylic acids is 2. The molecule has 0 bridgehead atoms. The molecule has 3 aromatic rings. The van der Waals surface area contributed by atoms with Crippen LogP contribution in [0.5, 0.6) is 0 Å². The van der Waals surface area contributed by atoms with E-state index in [0.717, 1.165) is 37.1 Å². The van der Waals surface area contributed by atoms with E-state index in [1.165, 1.54) is 67.1 Å². The molecule has 1 saturated carbocycles. The van der Waals surface area contributed by atoms with Gasteiger partial charge >= 0.3 is 12.1 Å². The van der Waals surface area contributed by atoms with Crippen molar-refractivity contribution in [3.8, 4) is 11.3 Å². The van der Waals surface area contributed by atoms with Crippen LogP contribution in [0.3, 0.4) is 0 Å². The van der Waals surface area contributed by atoms with Crippen molar-refractivity contribution in [1.29, 1.82) is 0 Å². The van der Waals surface area contributed by atoms with Crippen LogP contribution in [0.1, 0.15) is 92.7 Å². The maximum Gasteiger partial charge on any atom is 0.408 e. The van der Waals surface area contributed by atoms with E-state index in [4.69, 9.17) is 9.47 Å². The molecule has 7 heteroatoms. The van der Waals surface area contributed by atoms with E-state index in [-0.39, 0.29) is 18.1 Å². The molecule has 1 aliphatic carbocycles. The number of nitrogens with zero attached hydrogens (tertiary/aromatic N) is 2. The fourth-order valence-corrected chi connectivity index (χ4v) is 6.93. The molecule has 1 fully saturated rings. The Morgan fingerprint density at radius 3 is 2.51 bits per heavy atom. The van der Waals surface area contributed by atoms with Crippen molar-refractivity contribution in [2.45, 2.75) is 83.4 Å². The zero-order chi connectivity index (χ0) is 27.3. The number of hydrogen-bond donors (Lipinski definition) is 1. The second-order valence-corrected chi connectivity index (χ2v) is 12.2. The normalized spacial score (nSPS) is 19.2. The highest BCUT2D eigenvalue weighted by Crippen LogP contribution is 2.50. The van der Waals surface area contributed by atoms with Gasteiger partial charge in [-0.3, -0.25) is 0 Å². The molecule has 39 heavy (non-hydrogen) atoms. The Hall–Kier alpha value is -3.48. The highest BCUT2D eigenvalue weighted by Gasteiger charge is 2.35. The van der Waals surface area contributed by atoms with Crippen molar-refractivity contribution in [3.63, 3.8) is 0 Å². The number of carbonyl (C=O) groups is 2. The molecule has 7 nitrogen and oxygen atoms in total.